The van der Waals surface area contributed by atoms with Crippen LogP contribution in [0.5, 0.6) is 5.88 Å². The largest absolute Gasteiger partial charge is 0.478 e. The summed E-state index contributed by atoms with van der Waals surface area (Å²) in [4.78, 5) is 4.31. The molecule has 0 spiro atoms. The number of nitrogens with zero attached hydrogens (tertiary/aromatic N) is 1. The minimum absolute atomic E-state index is 0.638. The third-order valence-corrected chi connectivity index (χ3v) is 2.99. The van der Waals surface area contributed by atoms with E-state index in [2.05, 4.69) is 10.3 Å². The zero-order chi connectivity index (χ0) is 11.2. The maximum atomic E-state index is 5.64. The molecule has 1 saturated heterocycles. The number of rotatable bonds is 4. The number of hydrogen-bond donors (Lipinski definition) is 1. The van der Waals surface area contributed by atoms with E-state index >= 15 is 0 Å². The van der Waals surface area contributed by atoms with Crippen LogP contribution in [0.15, 0.2) is 18.2 Å². The molecule has 1 N–H and O–H groups in total. The van der Waals surface area contributed by atoms with Gasteiger partial charge >= 0.3 is 0 Å². The first-order chi connectivity index (χ1) is 7.84. The minimum Gasteiger partial charge on any atom is -0.478 e. The first kappa shape index (κ1) is 11.4. The quantitative estimate of drug-likeness (QED) is 0.845. The molecule has 2 heterocycles. The molecule has 16 heavy (non-hydrogen) atoms. The van der Waals surface area contributed by atoms with Gasteiger partial charge in [-0.05, 0) is 38.8 Å². The van der Waals surface area contributed by atoms with Crippen LogP contribution in [-0.2, 0) is 0 Å². The average molecular weight is 220 g/mol. The van der Waals surface area contributed by atoms with E-state index < -0.39 is 0 Å². The smallest absolute Gasteiger partial charge is 0.213 e. The molecule has 1 aliphatic rings. The highest BCUT2D eigenvalue weighted by atomic mass is 16.5. The topological polar surface area (TPSA) is 34.1 Å². The molecule has 0 aromatic carbocycles. The van der Waals surface area contributed by atoms with Crippen molar-refractivity contribution in [3.63, 3.8) is 0 Å². The zero-order valence-electron chi connectivity index (χ0n) is 9.91. The highest BCUT2D eigenvalue weighted by molar-refractivity contribution is 5.14. The molecule has 2 rings (SSSR count). The number of aryl methyl sites for hydroxylation is 1. The summed E-state index contributed by atoms with van der Waals surface area (Å²) in [5.74, 6) is 0.746. The molecule has 0 aliphatic carbocycles. The first-order valence-electron chi connectivity index (χ1n) is 6.14. The predicted molar refractivity (Wildman–Crippen MR) is 64.7 cm³/mol. The van der Waals surface area contributed by atoms with Gasteiger partial charge in [0.15, 0.2) is 0 Å². The van der Waals surface area contributed by atoms with Crippen molar-refractivity contribution in [1.82, 2.24) is 10.3 Å². The van der Waals surface area contributed by atoms with Gasteiger partial charge in [0.05, 0.1) is 6.61 Å². The Balaban J connectivity index is 1.71. The van der Waals surface area contributed by atoms with Gasteiger partial charge in [0.2, 0.25) is 5.88 Å². The summed E-state index contributed by atoms with van der Waals surface area (Å²) in [5.41, 5.74) is 1.01. The van der Waals surface area contributed by atoms with Crippen LogP contribution in [0, 0.1) is 6.92 Å². The molecule has 1 aromatic rings. The fraction of sp³-hybridized carbons (Fsp3) is 0.615. The van der Waals surface area contributed by atoms with Crippen LogP contribution in [0.25, 0.3) is 0 Å². The predicted octanol–water partition coefficient (Wildman–Crippen LogP) is 2.30. The van der Waals surface area contributed by atoms with Crippen molar-refractivity contribution >= 4 is 0 Å². The Morgan fingerprint density at radius 2 is 2.38 bits per heavy atom. The highest BCUT2D eigenvalue weighted by Crippen LogP contribution is 2.11. The molecule has 1 unspecified atom stereocenters. The molecule has 88 valence electrons. The van der Waals surface area contributed by atoms with Gasteiger partial charge in [0.1, 0.15) is 0 Å². The van der Waals surface area contributed by atoms with Crippen molar-refractivity contribution < 1.29 is 4.74 Å². The Hall–Kier alpha value is -1.09. The van der Waals surface area contributed by atoms with Gasteiger partial charge in [-0.3, -0.25) is 0 Å². The molecule has 3 nitrogen and oxygen atoms in total. The van der Waals surface area contributed by atoms with E-state index in [-0.39, 0.29) is 0 Å². The highest BCUT2D eigenvalue weighted by Gasteiger charge is 2.12. The first-order valence-corrected chi connectivity index (χ1v) is 6.14. The molecular weight excluding hydrogens is 200 g/mol. The molecule has 1 aromatic heterocycles. The second kappa shape index (κ2) is 5.85. The Labute approximate surface area is 97.2 Å². The standard InChI is InChI=1S/C13H20N2O/c1-11-5-4-7-13(15-11)16-10-8-12-6-2-3-9-14-12/h4-5,7,12,14H,2-3,6,8-10H2,1H3. The number of ether oxygens (including phenoxy) is 1. The van der Waals surface area contributed by atoms with Gasteiger partial charge in [-0.15, -0.1) is 0 Å². The average Bonchev–Trinajstić information content (AvgIpc) is 2.30. The van der Waals surface area contributed by atoms with Gasteiger partial charge in [-0.25, -0.2) is 4.98 Å². The van der Waals surface area contributed by atoms with Gasteiger partial charge < -0.3 is 10.1 Å². The summed E-state index contributed by atoms with van der Waals surface area (Å²) >= 11 is 0. The summed E-state index contributed by atoms with van der Waals surface area (Å²) in [5, 5.41) is 3.52. The molecule has 3 heteroatoms. The maximum absolute atomic E-state index is 5.64. The monoisotopic (exact) mass is 220 g/mol. The van der Waals surface area contributed by atoms with Crippen LogP contribution in [-0.4, -0.2) is 24.2 Å². The lowest BCUT2D eigenvalue weighted by molar-refractivity contribution is 0.260. The molecule has 0 radical (unpaired) electrons. The Kier molecular flexibility index (Phi) is 4.17. The third kappa shape index (κ3) is 3.49. The van der Waals surface area contributed by atoms with E-state index in [9.17, 15) is 0 Å². The van der Waals surface area contributed by atoms with Crippen molar-refractivity contribution in [2.75, 3.05) is 13.2 Å². The summed E-state index contributed by atoms with van der Waals surface area (Å²) in [6, 6.07) is 6.52. The Bertz CT molecular complexity index is 321. The lowest BCUT2D eigenvalue weighted by Crippen LogP contribution is -2.35. The summed E-state index contributed by atoms with van der Waals surface area (Å²) in [6.07, 6.45) is 5.03. The van der Waals surface area contributed by atoms with Crippen LogP contribution >= 0.6 is 0 Å². The van der Waals surface area contributed by atoms with Crippen molar-refractivity contribution in [3.8, 4) is 5.88 Å². The minimum atomic E-state index is 0.638. The fourth-order valence-corrected chi connectivity index (χ4v) is 2.07. The van der Waals surface area contributed by atoms with E-state index in [4.69, 9.17) is 4.74 Å². The Morgan fingerprint density at radius 1 is 1.44 bits per heavy atom. The molecule has 0 saturated carbocycles. The van der Waals surface area contributed by atoms with E-state index in [0.717, 1.165) is 31.1 Å². The third-order valence-electron chi connectivity index (χ3n) is 2.99. The van der Waals surface area contributed by atoms with E-state index in [1.54, 1.807) is 0 Å². The molecule has 1 aliphatic heterocycles. The van der Waals surface area contributed by atoms with Crippen LogP contribution in [0.1, 0.15) is 31.4 Å². The SMILES string of the molecule is Cc1cccc(OCCC2CCCCN2)n1. The van der Waals surface area contributed by atoms with Crippen LogP contribution in [0.3, 0.4) is 0 Å². The van der Waals surface area contributed by atoms with Gasteiger partial charge in [0, 0.05) is 17.8 Å². The molecule has 0 amide bonds. The maximum Gasteiger partial charge on any atom is 0.213 e. The lowest BCUT2D eigenvalue weighted by Gasteiger charge is -2.23. The van der Waals surface area contributed by atoms with Gasteiger partial charge in [-0.1, -0.05) is 12.5 Å². The van der Waals surface area contributed by atoms with Gasteiger partial charge in [0.25, 0.3) is 0 Å². The molecule has 1 fully saturated rings. The van der Waals surface area contributed by atoms with Gasteiger partial charge in [-0.2, -0.15) is 0 Å². The van der Waals surface area contributed by atoms with Crippen LogP contribution in [0.4, 0.5) is 0 Å². The van der Waals surface area contributed by atoms with Crippen molar-refractivity contribution in [1.29, 1.82) is 0 Å². The van der Waals surface area contributed by atoms with Crippen LogP contribution in [0.2, 0.25) is 0 Å². The lowest BCUT2D eigenvalue weighted by atomic mass is 10.0. The van der Waals surface area contributed by atoms with Crippen LogP contribution < -0.4 is 10.1 Å². The number of hydrogen-bond acceptors (Lipinski definition) is 3. The summed E-state index contributed by atoms with van der Waals surface area (Å²) < 4.78 is 5.64. The second-order valence-electron chi connectivity index (χ2n) is 4.40. The van der Waals surface area contributed by atoms with E-state index in [1.165, 1.54) is 19.3 Å². The number of nitrogens with one attached hydrogen (secondary N) is 1. The normalized spacial score (nSPS) is 20.7. The summed E-state index contributed by atoms with van der Waals surface area (Å²) in [6.45, 7) is 3.90. The number of pyridine rings is 1. The Morgan fingerprint density at radius 3 is 3.12 bits per heavy atom. The molecule has 0 bridgehead atoms. The second-order valence-corrected chi connectivity index (χ2v) is 4.40. The van der Waals surface area contributed by atoms with Crippen molar-refractivity contribution in [2.45, 2.75) is 38.6 Å². The number of piperidine rings is 1. The fourth-order valence-electron chi connectivity index (χ4n) is 2.07. The summed E-state index contributed by atoms with van der Waals surface area (Å²) in [7, 11) is 0. The number of aromatic nitrogens is 1. The zero-order valence-corrected chi connectivity index (χ0v) is 9.91. The van der Waals surface area contributed by atoms with Crippen molar-refractivity contribution in [2.24, 2.45) is 0 Å². The van der Waals surface area contributed by atoms with E-state index in [0.29, 0.717) is 6.04 Å². The molecule has 1 atom stereocenters. The van der Waals surface area contributed by atoms with E-state index in [1.807, 2.05) is 25.1 Å². The molecular formula is C13H20N2O. The van der Waals surface area contributed by atoms with Crippen molar-refractivity contribution in [3.05, 3.63) is 23.9 Å².